The molecule has 0 aliphatic heterocycles. The second kappa shape index (κ2) is 10.5. The topological polar surface area (TPSA) is 58.2 Å². The third-order valence-corrected chi connectivity index (χ3v) is 3.28. The van der Waals surface area contributed by atoms with Gasteiger partial charge in [0.25, 0.3) is 0 Å². The Kier molecular flexibility index (Phi) is 10.9. The van der Waals surface area contributed by atoms with E-state index in [1.54, 1.807) is 6.92 Å². The Morgan fingerprint density at radius 2 is 1.39 bits per heavy atom. The van der Waals surface area contributed by atoms with Gasteiger partial charge in [0.15, 0.2) is 0 Å². The van der Waals surface area contributed by atoms with Crippen LogP contribution in [0.15, 0.2) is 12.2 Å². The second-order valence-electron chi connectivity index (χ2n) is 8.01. The predicted octanol–water partition coefficient (Wildman–Crippen LogP) is 3.92. The Balaban J connectivity index is 0. The van der Waals surface area contributed by atoms with E-state index in [1.807, 2.05) is 13.8 Å². The Labute approximate surface area is 143 Å². The van der Waals surface area contributed by atoms with Gasteiger partial charge in [-0.3, -0.25) is 9.59 Å². The van der Waals surface area contributed by atoms with Gasteiger partial charge >= 0.3 is 0 Å². The lowest BCUT2D eigenvalue weighted by Crippen LogP contribution is -2.42. The average Bonchev–Trinajstić information content (AvgIpc) is 2.40. The first-order chi connectivity index (χ1) is 10.3. The summed E-state index contributed by atoms with van der Waals surface area (Å²) in [5.74, 6) is -0.164. The molecule has 0 heterocycles. The van der Waals surface area contributed by atoms with Crippen LogP contribution in [0.3, 0.4) is 0 Å². The van der Waals surface area contributed by atoms with E-state index in [4.69, 9.17) is 0 Å². The summed E-state index contributed by atoms with van der Waals surface area (Å²) in [6.07, 6.45) is 0.834. The van der Waals surface area contributed by atoms with Crippen molar-refractivity contribution in [2.75, 3.05) is 13.1 Å². The molecule has 0 rings (SSSR count). The first-order valence-electron chi connectivity index (χ1n) is 8.56. The molecule has 0 bridgehead atoms. The molecule has 4 nitrogen and oxygen atoms in total. The highest BCUT2D eigenvalue weighted by molar-refractivity contribution is 5.92. The van der Waals surface area contributed by atoms with Crippen molar-refractivity contribution in [2.24, 2.45) is 16.7 Å². The van der Waals surface area contributed by atoms with Crippen molar-refractivity contribution in [2.45, 2.75) is 68.7 Å². The Bertz CT molecular complexity index is 387. The lowest BCUT2D eigenvalue weighted by Gasteiger charge is -2.34. The van der Waals surface area contributed by atoms with Crippen molar-refractivity contribution in [3.8, 4) is 0 Å². The molecule has 4 heteroatoms. The van der Waals surface area contributed by atoms with Gasteiger partial charge < -0.3 is 10.6 Å². The van der Waals surface area contributed by atoms with Crippen LogP contribution in [0.4, 0.5) is 0 Å². The third kappa shape index (κ3) is 11.8. The van der Waals surface area contributed by atoms with Crippen molar-refractivity contribution in [3.05, 3.63) is 12.2 Å². The van der Waals surface area contributed by atoms with Crippen LogP contribution in [-0.4, -0.2) is 24.9 Å². The minimum absolute atomic E-state index is 0.0469. The zero-order chi connectivity index (χ0) is 18.8. The van der Waals surface area contributed by atoms with E-state index in [2.05, 4.69) is 58.8 Å². The molecule has 0 aromatic heterocycles. The maximum atomic E-state index is 12.4. The summed E-state index contributed by atoms with van der Waals surface area (Å²) in [7, 11) is 0. The van der Waals surface area contributed by atoms with Crippen molar-refractivity contribution in [3.63, 3.8) is 0 Å². The minimum atomic E-state index is -0.175. The van der Waals surface area contributed by atoms with E-state index >= 15 is 0 Å². The molecular formula is C19H38N2O2. The first-order valence-corrected chi connectivity index (χ1v) is 8.56. The monoisotopic (exact) mass is 326 g/mol. The standard InChI is InChI=1S/C17H32N2O2.C2H6/c1-12(2)14(20)18-9-10-19-15(21)13(17(6,7)8)11-16(3,4)5;1-2/h13H,1,9-11H2,2-8H3,(H,18,20)(H,19,21);1-2H3. The molecule has 0 aromatic carbocycles. The lowest BCUT2D eigenvalue weighted by atomic mass is 9.71. The fourth-order valence-electron chi connectivity index (χ4n) is 2.04. The van der Waals surface area contributed by atoms with E-state index in [-0.39, 0.29) is 28.6 Å². The summed E-state index contributed by atoms with van der Waals surface area (Å²) < 4.78 is 0. The molecule has 23 heavy (non-hydrogen) atoms. The summed E-state index contributed by atoms with van der Waals surface area (Å²) in [5, 5.41) is 5.63. The molecule has 0 saturated heterocycles. The Morgan fingerprint density at radius 3 is 1.74 bits per heavy atom. The van der Waals surface area contributed by atoms with E-state index in [0.29, 0.717) is 18.7 Å². The third-order valence-electron chi connectivity index (χ3n) is 3.28. The van der Waals surface area contributed by atoms with Crippen molar-refractivity contribution in [1.82, 2.24) is 10.6 Å². The normalized spacial score (nSPS) is 12.6. The van der Waals surface area contributed by atoms with Crippen molar-refractivity contribution >= 4 is 11.8 Å². The van der Waals surface area contributed by atoms with Crippen molar-refractivity contribution < 1.29 is 9.59 Å². The van der Waals surface area contributed by atoms with Crippen LogP contribution in [-0.2, 0) is 9.59 Å². The quantitative estimate of drug-likeness (QED) is 0.574. The van der Waals surface area contributed by atoms with Crippen LogP contribution in [0, 0.1) is 16.7 Å². The largest absolute Gasteiger partial charge is 0.354 e. The van der Waals surface area contributed by atoms with Crippen LogP contribution in [0.25, 0.3) is 0 Å². The molecule has 2 amide bonds. The van der Waals surface area contributed by atoms with Gasteiger partial charge in [0.2, 0.25) is 11.8 Å². The summed E-state index contributed by atoms with van der Waals surface area (Å²) in [6, 6.07) is 0. The van der Waals surface area contributed by atoms with Crippen LogP contribution < -0.4 is 10.6 Å². The highest BCUT2D eigenvalue weighted by atomic mass is 16.2. The maximum absolute atomic E-state index is 12.4. The SMILES string of the molecule is C=C(C)C(=O)NCCNC(=O)C(CC(C)(C)C)C(C)(C)C.CC. The van der Waals surface area contributed by atoms with Gasteiger partial charge in [-0.1, -0.05) is 62.0 Å². The van der Waals surface area contributed by atoms with Crippen LogP contribution in [0.5, 0.6) is 0 Å². The summed E-state index contributed by atoms with van der Waals surface area (Å²) >= 11 is 0. The van der Waals surface area contributed by atoms with Gasteiger partial charge in [0.1, 0.15) is 0 Å². The fourth-order valence-corrected chi connectivity index (χ4v) is 2.04. The van der Waals surface area contributed by atoms with E-state index < -0.39 is 0 Å². The highest BCUT2D eigenvalue weighted by Gasteiger charge is 2.34. The number of hydrogen-bond acceptors (Lipinski definition) is 2. The minimum Gasteiger partial charge on any atom is -0.354 e. The molecule has 2 N–H and O–H groups in total. The zero-order valence-electron chi connectivity index (χ0n) is 16.7. The number of carbonyl (C=O) groups is 2. The predicted molar refractivity (Wildman–Crippen MR) is 99.2 cm³/mol. The highest BCUT2D eigenvalue weighted by Crippen LogP contribution is 2.35. The molecule has 0 aromatic rings. The second-order valence-corrected chi connectivity index (χ2v) is 8.01. The number of carbonyl (C=O) groups excluding carboxylic acids is 2. The molecule has 0 radical (unpaired) electrons. The molecule has 0 fully saturated rings. The van der Waals surface area contributed by atoms with E-state index in [9.17, 15) is 9.59 Å². The summed E-state index contributed by atoms with van der Waals surface area (Å²) in [4.78, 5) is 23.7. The van der Waals surface area contributed by atoms with E-state index in [0.717, 1.165) is 6.42 Å². The zero-order valence-corrected chi connectivity index (χ0v) is 16.7. The number of rotatable bonds is 6. The summed E-state index contributed by atoms with van der Waals surface area (Å²) in [6.45, 7) is 22.8. The number of nitrogens with one attached hydrogen (secondary N) is 2. The Hall–Kier alpha value is -1.32. The van der Waals surface area contributed by atoms with Crippen LogP contribution >= 0.6 is 0 Å². The Morgan fingerprint density at radius 1 is 0.957 bits per heavy atom. The molecule has 1 atom stereocenters. The van der Waals surface area contributed by atoms with Crippen molar-refractivity contribution in [1.29, 1.82) is 0 Å². The van der Waals surface area contributed by atoms with Gasteiger partial charge in [0.05, 0.1) is 0 Å². The average molecular weight is 327 g/mol. The molecular weight excluding hydrogens is 288 g/mol. The van der Waals surface area contributed by atoms with Gasteiger partial charge in [-0.05, 0) is 24.2 Å². The molecule has 0 aliphatic rings. The molecule has 1 unspecified atom stereocenters. The molecule has 0 saturated carbocycles. The van der Waals surface area contributed by atoms with E-state index in [1.165, 1.54) is 0 Å². The lowest BCUT2D eigenvalue weighted by molar-refractivity contribution is -0.129. The maximum Gasteiger partial charge on any atom is 0.246 e. The summed E-state index contributed by atoms with van der Waals surface area (Å²) in [5.41, 5.74) is 0.489. The molecule has 0 aliphatic carbocycles. The number of amides is 2. The van der Waals surface area contributed by atoms with Gasteiger partial charge in [-0.2, -0.15) is 0 Å². The first kappa shape index (κ1) is 23.9. The van der Waals surface area contributed by atoms with Gasteiger partial charge in [-0.25, -0.2) is 0 Å². The molecule has 136 valence electrons. The van der Waals surface area contributed by atoms with Crippen LogP contribution in [0.1, 0.15) is 68.7 Å². The smallest absolute Gasteiger partial charge is 0.246 e. The van der Waals surface area contributed by atoms with Gasteiger partial charge in [0, 0.05) is 24.6 Å². The fraction of sp³-hybridized carbons (Fsp3) is 0.789. The number of hydrogen-bond donors (Lipinski definition) is 2. The van der Waals surface area contributed by atoms with Crippen LogP contribution in [0.2, 0.25) is 0 Å². The van der Waals surface area contributed by atoms with Gasteiger partial charge in [-0.15, -0.1) is 0 Å². The molecule has 0 spiro atoms.